The molecule has 0 saturated heterocycles. The van der Waals surface area contributed by atoms with Crippen LogP contribution in [0.25, 0.3) is 0 Å². The molecular weight excluding hydrogens is 621 g/mol. The van der Waals surface area contributed by atoms with Gasteiger partial charge in [-0.2, -0.15) is 0 Å². The van der Waals surface area contributed by atoms with Crippen molar-refractivity contribution >= 4 is 62.3 Å². The van der Waals surface area contributed by atoms with E-state index >= 15 is 0 Å². The lowest BCUT2D eigenvalue weighted by molar-refractivity contribution is -0.140. The summed E-state index contributed by atoms with van der Waals surface area (Å²) in [6, 6.07) is 16.0. The van der Waals surface area contributed by atoms with E-state index in [0.717, 1.165) is 4.31 Å². The molecule has 0 bridgehead atoms. The maximum absolute atomic E-state index is 14.1. The molecule has 2 atom stereocenters. The maximum Gasteiger partial charge on any atom is 0.264 e. The van der Waals surface area contributed by atoms with E-state index in [1.807, 2.05) is 13.8 Å². The fourth-order valence-electron chi connectivity index (χ4n) is 4.23. The first kappa shape index (κ1) is 33.5. The summed E-state index contributed by atoms with van der Waals surface area (Å²) in [6.45, 7) is 5.01. The Morgan fingerprint density at radius 2 is 1.62 bits per heavy atom. The standard InChI is InChI=1S/C30H34Cl3N3O5S/c1-5-20(3)34-30(38)28(6-2)35(18-21-10-15-26(32)27(33)16-21)29(37)19-36(23-9-7-8-22(31)17-23)42(39,40)25-13-11-24(41-4)12-14-25/h7-17,20,28H,5-6,18-19H2,1-4H3,(H,34,38). The number of hydrogen-bond donors (Lipinski definition) is 1. The van der Waals surface area contributed by atoms with Crippen LogP contribution in [0.5, 0.6) is 5.75 Å². The zero-order valence-electron chi connectivity index (χ0n) is 23.8. The monoisotopic (exact) mass is 653 g/mol. The van der Waals surface area contributed by atoms with Gasteiger partial charge >= 0.3 is 0 Å². The van der Waals surface area contributed by atoms with E-state index in [2.05, 4.69) is 5.32 Å². The highest BCUT2D eigenvalue weighted by atomic mass is 35.5. The Kier molecular flexibility index (Phi) is 11.9. The highest BCUT2D eigenvalue weighted by molar-refractivity contribution is 7.92. The number of sulfonamides is 1. The number of amides is 2. The minimum Gasteiger partial charge on any atom is -0.497 e. The number of ether oxygens (including phenoxy) is 1. The highest BCUT2D eigenvalue weighted by Gasteiger charge is 2.34. The summed E-state index contributed by atoms with van der Waals surface area (Å²) in [6.07, 6.45) is 0.989. The lowest BCUT2D eigenvalue weighted by Crippen LogP contribution is -2.53. The third-order valence-electron chi connectivity index (χ3n) is 6.75. The third kappa shape index (κ3) is 8.31. The van der Waals surface area contributed by atoms with Gasteiger partial charge < -0.3 is 15.0 Å². The lowest BCUT2D eigenvalue weighted by Gasteiger charge is -2.33. The molecule has 0 spiro atoms. The van der Waals surface area contributed by atoms with Crippen LogP contribution in [-0.4, -0.2) is 50.9 Å². The second kappa shape index (κ2) is 15.0. The van der Waals surface area contributed by atoms with E-state index in [1.54, 1.807) is 43.3 Å². The molecule has 0 radical (unpaired) electrons. The summed E-state index contributed by atoms with van der Waals surface area (Å²) >= 11 is 18.6. The van der Waals surface area contributed by atoms with Crippen LogP contribution in [-0.2, 0) is 26.2 Å². The van der Waals surface area contributed by atoms with Crippen LogP contribution in [0.4, 0.5) is 5.69 Å². The van der Waals surface area contributed by atoms with E-state index < -0.39 is 28.5 Å². The number of halogens is 3. The SMILES string of the molecule is CCC(C)NC(=O)C(CC)N(Cc1ccc(Cl)c(Cl)c1)C(=O)CN(c1cccc(Cl)c1)S(=O)(=O)c1ccc(OC)cc1. The van der Waals surface area contributed by atoms with E-state index in [9.17, 15) is 18.0 Å². The fraction of sp³-hybridized carbons (Fsp3) is 0.333. The average molecular weight is 655 g/mol. The van der Waals surface area contributed by atoms with Crippen LogP contribution < -0.4 is 14.4 Å². The minimum absolute atomic E-state index is 0.00583. The van der Waals surface area contributed by atoms with Gasteiger partial charge in [0.2, 0.25) is 11.8 Å². The quantitative estimate of drug-likeness (QED) is 0.225. The van der Waals surface area contributed by atoms with Gasteiger partial charge in [-0.1, -0.05) is 60.8 Å². The lowest BCUT2D eigenvalue weighted by atomic mass is 10.1. The van der Waals surface area contributed by atoms with E-state index in [0.29, 0.717) is 32.8 Å². The van der Waals surface area contributed by atoms with Gasteiger partial charge in [0.1, 0.15) is 18.3 Å². The van der Waals surface area contributed by atoms with Crippen molar-refractivity contribution in [3.8, 4) is 5.75 Å². The second-order valence-corrected chi connectivity index (χ2v) is 12.8. The summed E-state index contributed by atoms with van der Waals surface area (Å²) in [4.78, 5) is 28.8. The van der Waals surface area contributed by atoms with E-state index in [1.165, 1.54) is 42.3 Å². The van der Waals surface area contributed by atoms with Crippen molar-refractivity contribution in [2.45, 2.75) is 57.1 Å². The van der Waals surface area contributed by atoms with Gasteiger partial charge in [-0.05, 0) is 79.9 Å². The number of rotatable bonds is 13. The van der Waals surface area contributed by atoms with E-state index in [4.69, 9.17) is 39.5 Å². The van der Waals surface area contributed by atoms with Crippen molar-refractivity contribution in [1.29, 1.82) is 0 Å². The van der Waals surface area contributed by atoms with Gasteiger partial charge in [0.05, 0.1) is 27.7 Å². The molecule has 2 unspecified atom stereocenters. The van der Waals surface area contributed by atoms with Crippen LogP contribution in [0.15, 0.2) is 71.6 Å². The zero-order valence-corrected chi connectivity index (χ0v) is 26.9. The molecule has 0 aliphatic carbocycles. The molecule has 8 nitrogen and oxygen atoms in total. The Balaban J connectivity index is 2.08. The molecule has 3 aromatic rings. The number of benzene rings is 3. The van der Waals surface area contributed by atoms with Crippen LogP contribution in [0.2, 0.25) is 15.1 Å². The van der Waals surface area contributed by atoms with E-state index in [-0.39, 0.29) is 35.5 Å². The highest BCUT2D eigenvalue weighted by Crippen LogP contribution is 2.29. The normalized spacial score (nSPS) is 12.7. The Labute approximate surface area is 262 Å². The molecule has 42 heavy (non-hydrogen) atoms. The molecule has 12 heteroatoms. The van der Waals surface area contributed by atoms with Gasteiger partial charge in [-0.25, -0.2) is 8.42 Å². The Bertz CT molecular complexity index is 1500. The Hall–Kier alpha value is -2.98. The molecule has 0 saturated carbocycles. The first-order valence-electron chi connectivity index (χ1n) is 13.4. The molecular formula is C30H34Cl3N3O5S. The first-order valence-corrected chi connectivity index (χ1v) is 15.9. The Morgan fingerprint density at radius 3 is 2.19 bits per heavy atom. The van der Waals surface area contributed by atoms with Crippen LogP contribution in [0, 0.1) is 0 Å². The number of carbonyl (C=O) groups excluding carboxylic acids is 2. The zero-order chi connectivity index (χ0) is 31.0. The van der Waals surface area contributed by atoms with Crippen LogP contribution in [0.1, 0.15) is 39.2 Å². The van der Waals surface area contributed by atoms with Crippen molar-refractivity contribution in [1.82, 2.24) is 10.2 Å². The number of methoxy groups -OCH3 is 1. The van der Waals surface area contributed by atoms with Crippen LogP contribution in [0.3, 0.4) is 0 Å². The third-order valence-corrected chi connectivity index (χ3v) is 9.51. The summed E-state index contributed by atoms with van der Waals surface area (Å²) in [5.41, 5.74) is 0.818. The van der Waals surface area contributed by atoms with Crippen molar-refractivity contribution < 1.29 is 22.7 Å². The molecule has 0 heterocycles. The van der Waals surface area contributed by atoms with Crippen molar-refractivity contribution in [2.24, 2.45) is 0 Å². The molecule has 3 aromatic carbocycles. The summed E-state index contributed by atoms with van der Waals surface area (Å²) in [5, 5.41) is 3.87. The summed E-state index contributed by atoms with van der Waals surface area (Å²) < 4.78 is 34.1. The average Bonchev–Trinajstić information content (AvgIpc) is 2.97. The second-order valence-electron chi connectivity index (χ2n) is 9.68. The van der Waals surface area contributed by atoms with Crippen molar-refractivity contribution in [3.05, 3.63) is 87.4 Å². The molecule has 2 amide bonds. The number of nitrogens with zero attached hydrogens (tertiary/aromatic N) is 2. The first-order chi connectivity index (χ1) is 19.9. The largest absolute Gasteiger partial charge is 0.497 e. The van der Waals surface area contributed by atoms with Gasteiger partial charge in [-0.15, -0.1) is 0 Å². The predicted octanol–water partition coefficient (Wildman–Crippen LogP) is 6.57. The smallest absolute Gasteiger partial charge is 0.264 e. The summed E-state index contributed by atoms with van der Waals surface area (Å²) in [7, 11) is -2.78. The van der Waals surface area contributed by atoms with Crippen LogP contribution >= 0.6 is 34.8 Å². The topological polar surface area (TPSA) is 96.0 Å². The van der Waals surface area contributed by atoms with Gasteiger partial charge in [-0.3, -0.25) is 13.9 Å². The van der Waals surface area contributed by atoms with Gasteiger partial charge in [0, 0.05) is 17.6 Å². The number of nitrogens with one attached hydrogen (secondary N) is 1. The molecule has 0 aromatic heterocycles. The Morgan fingerprint density at radius 1 is 0.929 bits per heavy atom. The minimum atomic E-state index is -4.25. The van der Waals surface area contributed by atoms with Crippen molar-refractivity contribution in [3.63, 3.8) is 0 Å². The molecule has 1 N–H and O–H groups in total. The van der Waals surface area contributed by atoms with Gasteiger partial charge in [0.25, 0.3) is 10.0 Å². The predicted molar refractivity (Wildman–Crippen MR) is 168 cm³/mol. The molecule has 0 fully saturated rings. The fourth-order valence-corrected chi connectivity index (χ4v) is 6.14. The molecule has 226 valence electrons. The number of hydrogen-bond acceptors (Lipinski definition) is 5. The maximum atomic E-state index is 14.1. The molecule has 3 rings (SSSR count). The molecule has 0 aliphatic rings. The van der Waals surface area contributed by atoms with Crippen molar-refractivity contribution in [2.75, 3.05) is 18.0 Å². The molecule has 0 aliphatic heterocycles. The van der Waals surface area contributed by atoms with Gasteiger partial charge in [0.15, 0.2) is 0 Å². The summed E-state index contributed by atoms with van der Waals surface area (Å²) in [5.74, 6) is -0.456. The number of anilines is 1. The number of carbonyl (C=O) groups is 2.